The number of likely N-dealkylation sites (tertiary alicyclic amines) is 1. The lowest BCUT2D eigenvalue weighted by molar-refractivity contribution is -0.917. The number of halogens is 1. The molecule has 3 nitrogen and oxygen atoms in total. The quantitative estimate of drug-likeness (QED) is 0.402. The second-order valence-electron chi connectivity index (χ2n) is 8.17. The number of carbonyl (C=O) groups is 1. The third-order valence-electron chi connectivity index (χ3n) is 6.20. The molecule has 0 bridgehead atoms. The van der Waals surface area contributed by atoms with Crippen LogP contribution in [0, 0.1) is 19.8 Å². The van der Waals surface area contributed by atoms with E-state index in [0.717, 1.165) is 34.3 Å². The molecular formula is C23H30INO2. The van der Waals surface area contributed by atoms with Gasteiger partial charge in [-0.15, -0.1) is 0 Å². The summed E-state index contributed by atoms with van der Waals surface area (Å²) in [6.45, 7) is 8.70. The van der Waals surface area contributed by atoms with Gasteiger partial charge in [0.15, 0.2) is 5.78 Å². The Bertz CT molecular complexity index is 787. The van der Waals surface area contributed by atoms with Crippen molar-refractivity contribution in [1.82, 2.24) is 0 Å². The molecule has 0 aromatic heterocycles. The van der Waals surface area contributed by atoms with Crippen molar-refractivity contribution in [2.24, 2.45) is 5.92 Å². The maximum absolute atomic E-state index is 13.4. The normalized spacial score (nSPS) is 27.7. The molecule has 1 aliphatic heterocycles. The fourth-order valence-corrected chi connectivity index (χ4v) is 3.99. The SMILES string of the molecule is CC[N+]1(C)CC[C@@](O)(c2ccc(C)cc2)[C@H](C(=O)c2ccc(C)cc2)C1.[I-]. The van der Waals surface area contributed by atoms with E-state index in [1.807, 2.05) is 62.4 Å². The number of piperidine rings is 1. The van der Waals surface area contributed by atoms with Gasteiger partial charge in [0.2, 0.25) is 0 Å². The number of hydrogen-bond donors (Lipinski definition) is 1. The maximum atomic E-state index is 13.4. The van der Waals surface area contributed by atoms with E-state index in [0.29, 0.717) is 18.5 Å². The monoisotopic (exact) mass is 479 g/mol. The van der Waals surface area contributed by atoms with Gasteiger partial charge in [0.25, 0.3) is 0 Å². The van der Waals surface area contributed by atoms with Gasteiger partial charge >= 0.3 is 0 Å². The van der Waals surface area contributed by atoms with Gasteiger partial charge in [0.1, 0.15) is 11.5 Å². The number of Topliss-reactive ketones (excluding diaryl/α,β-unsaturated/α-hetero) is 1. The molecule has 2 aromatic carbocycles. The first-order valence-electron chi connectivity index (χ1n) is 9.51. The van der Waals surface area contributed by atoms with Gasteiger partial charge in [-0.05, 0) is 26.3 Å². The van der Waals surface area contributed by atoms with E-state index >= 15 is 0 Å². The van der Waals surface area contributed by atoms with Gasteiger partial charge in [-0.2, -0.15) is 0 Å². The van der Waals surface area contributed by atoms with Crippen molar-refractivity contribution in [2.75, 3.05) is 26.7 Å². The van der Waals surface area contributed by atoms with E-state index in [1.54, 1.807) is 0 Å². The van der Waals surface area contributed by atoms with Crippen LogP contribution in [0.1, 0.15) is 40.4 Å². The molecule has 0 aliphatic carbocycles. The van der Waals surface area contributed by atoms with Crippen LogP contribution in [0.3, 0.4) is 0 Å². The number of hydrogen-bond acceptors (Lipinski definition) is 2. The molecule has 146 valence electrons. The Labute approximate surface area is 180 Å². The first-order chi connectivity index (χ1) is 12.3. The molecule has 0 saturated carbocycles. The average molecular weight is 479 g/mol. The van der Waals surface area contributed by atoms with Crippen molar-refractivity contribution in [3.63, 3.8) is 0 Å². The van der Waals surface area contributed by atoms with Gasteiger partial charge in [0.05, 0.1) is 26.7 Å². The van der Waals surface area contributed by atoms with E-state index in [9.17, 15) is 9.90 Å². The summed E-state index contributed by atoms with van der Waals surface area (Å²) >= 11 is 0. The molecule has 1 fully saturated rings. The Balaban J connectivity index is 0.00000261. The Kier molecular flexibility index (Phi) is 6.87. The summed E-state index contributed by atoms with van der Waals surface area (Å²) < 4.78 is 0.816. The highest BCUT2D eigenvalue weighted by Crippen LogP contribution is 2.41. The average Bonchev–Trinajstić information content (AvgIpc) is 2.64. The van der Waals surface area contributed by atoms with Crippen molar-refractivity contribution in [3.8, 4) is 0 Å². The molecule has 0 radical (unpaired) electrons. The van der Waals surface area contributed by atoms with Gasteiger partial charge in [-0.1, -0.05) is 59.7 Å². The Hall–Kier alpha value is -1.24. The predicted octanol–water partition coefficient (Wildman–Crippen LogP) is 0.864. The van der Waals surface area contributed by atoms with Gasteiger partial charge in [0, 0.05) is 12.0 Å². The Morgan fingerprint density at radius 2 is 1.59 bits per heavy atom. The highest BCUT2D eigenvalue weighted by molar-refractivity contribution is 5.98. The number of quaternary nitrogens is 1. The number of ketones is 1. The summed E-state index contributed by atoms with van der Waals surface area (Å²) in [4.78, 5) is 13.4. The molecule has 2 aromatic rings. The number of rotatable bonds is 4. The molecule has 3 rings (SSSR count). The topological polar surface area (TPSA) is 37.3 Å². The molecular weight excluding hydrogens is 449 g/mol. The number of carbonyl (C=O) groups excluding carboxylic acids is 1. The zero-order valence-corrected chi connectivity index (χ0v) is 18.9. The Morgan fingerprint density at radius 3 is 2.11 bits per heavy atom. The summed E-state index contributed by atoms with van der Waals surface area (Å²) in [5, 5.41) is 11.7. The molecule has 0 amide bonds. The van der Waals surface area contributed by atoms with Crippen molar-refractivity contribution in [3.05, 3.63) is 70.8 Å². The third-order valence-corrected chi connectivity index (χ3v) is 6.20. The van der Waals surface area contributed by atoms with Crippen LogP contribution in [0.2, 0.25) is 0 Å². The van der Waals surface area contributed by atoms with Gasteiger partial charge in [-0.3, -0.25) is 4.79 Å². The smallest absolute Gasteiger partial charge is 0.174 e. The number of nitrogens with zero attached hydrogens (tertiary/aromatic N) is 1. The van der Waals surface area contributed by atoms with Crippen LogP contribution in [0.15, 0.2) is 48.5 Å². The minimum Gasteiger partial charge on any atom is -1.00 e. The molecule has 1 aliphatic rings. The summed E-state index contributed by atoms with van der Waals surface area (Å²) in [6.07, 6.45) is 0.600. The lowest BCUT2D eigenvalue weighted by Gasteiger charge is -2.48. The van der Waals surface area contributed by atoms with Gasteiger partial charge in [-0.25, -0.2) is 0 Å². The number of benzene rings is 2. The number of aryl methyl sites for hydroxylation is 2. The van der Waals surface area contributed by atoms with E-state index in [2.05, 4.69) is 14.0 Å². The summed E-state index contributed by atoms with van der Waals surface area (Å²) in [6, 6.07) is 15.7. The largest absolute Gasteiger partial charge is 1.00 e. The molecule has 0 spiro atoms. The molecule has 1 saturated heterocycles. The van der Waals surface area contributed by atoms with Crippen molar-refractivity contribution in [1.29, 1.82) is 0 Å². The summed E-state index contributed by atoms with van der Waals surface area (Å²) in [5.41, 5.74) is 2.73. The van der Waals surface area contributed by atoms with Crippen molar-refractivity contribution in [2.45, 2.75) is 32.8 Å². The first-order valence-corrected chi connectivity index (χ1v) is 9.51. The summed E-state index contributed by atoms with van der Waals surface area (Å²) in [5.74, 6) is -0.391. The van der Waals surface area contributed by atoms with E-state index in [1.165, 1.54) is 0 Å². The van der Waals surface area contributed by atoms with Crippen LogP contribution in [0.5, 0.6) is 0 Å². The van der Waals surface area contributed by atoms with E-state index in [4.69, 9.17) is 0 Å². The Morgan fingerprint density at radius 1 is 1.07 bits per heavy atom. The molecule has 1 N–H and O–H groups in total. The third kappa shape index (κ3) is 4.44. The molecule has 3 atom stereocenters. The van der Waals surface area contributed by atoms with E-state index < -0.39 is 11.5 Å². The second kappa shape index (κ2) is 8.41. The predicted molar refractivity (Wildman–Crippen MR) is 105 cm³/mol. The number of aliphatic hydroxyl groups is 1. The lowest BCUT2D eigenvalue weighted by atomic mass is 9.72. The zero-order chi connectivity index (χ0) is 18.9. The maximum Gasteiger partial charge on any atom is 0.174 e. The first kappa shape index (κ1) is 22.1. The van der Waals surface area contributed by atoms with Crippen LogP contribution in [0.4, 0.5) is 0 Å². The van der Waals surface area contributed by atoms with Gasteiger partial charge < -0.3 is 33.6 Å². The standard InChI is InChI=1S/C23H30NO2.HI/c1-5-24(4)15-14-23(26,20-12-8-18(3)9-13-20)21(16-24)22(25)19-10-6-17(2)7-11-19;/h6-13,21,26H,5,14-16H2,1-4H3;1H/q+1;/p-1/t21-,23+,24?;/m0./s1. The minimum absolute atomic E-state index is 0. The van der Waals surface area contributed by atoms with Crippen LogP contribution in [0.25, 0.3) is 0 Å². The molecule has 1 heterocycles. The summed E-state index contributed by atoms with van der Waals surface area (Å²) in [7, 11) is 2.18. The van der Waals surface area contributed by atoms with Crippen LogP contribution in [-0.4, -0.2) is 42.1 Å². The fraction of sp³-hybridized carbons (Fsp3) is 0.435. The zero-order valence-electron chi connectivity index (χ0n) is 16.7. The minimum atomic E-state index is -1.11. The highest BCUT2D eigenvalue weighted by atomic mass is 127. The fourth-order valence-electron chi connectivity index (χ4n) is 3.99. The van der Waals surface area contributed by atoms with Crippen LogP contribution < -0.4 is 24.0 Å². The molecule has 4 heteroatoms. The van der Waals surface area contributed by atoms with Crippen molar-refractivity contribution >= 4 is 5.78 Å². The highest BCUT2D eigenvalue weighted by Gasteiger charge is 2.51. The van der Waals surface area contributed by atoms with Crippen LogP contribution in [-0.2, 0) is 5.60 Å². The van der Waals surface area contributed by atoms with E-state index in [-0.39, 0.29) is 29.8 Å². The molecule has 27 heavy (non-hydrogen) atoms. The lowest BCUT2D eigenvalue weighted by Crippen LogP contribution is -3.00. The molecule has 1 unspecified atom stereocenters. The van der Waals surface area contributed by atoms with Crippen molar-refractivity contribution < 1.29 is 38.4 Å². The second-order valence-corrected chi connectivity index (χ2v) is 8.17. The van der Waals surface area contributed by atoms with Crippen LogP contribution >= 0.6 is 0 Å².